The number of hydrogen-bond donors (Lipinski definition) is 2. The van der Waals surface area contributed by atoms with Crippen LogP contribution in [0.4, 0.5) is 4.79 Å². The van der Waals surface area contributed by atoms with Gasteiger partial charge in [-0.15, -0.1) is 0 Å². The van der Waals surface area contributed by atoms with E-state index in [0.29, 0.717) is 13.0 Å². The second-order valence-corrected chi connectivity index (χ2v) is 5.20. The van der Waals surface area contributed by atoms with Gasteiger partial charge in [-0.05, 0) is 33.1 Å². The van der Waals surface area contributed by atoms with Gasteiger partial charge >= 0.3 is 12.0 Å². The molecule has 98 valence electrons. The minimum Gasteiger partial charge on any atom is -0.480 e. The summed E-state index contributed by atoms with van der Waals surface area (Å²) in [5.74, 6) is -0.961. The standard InChI is InChI=1S/C12H22N2O3/c1-4-6-9(10(15)16)13-11(17)14-8-5-7-12(14,2)3/h9H,4-8H2,1-3H3,(H,13,17)(H,15,16)/t9-/m1/s1. The van der Waals surface area contributed by atoms with Crippen LogP contribution in [0.25, 0.3) is 0 Å². The van der Waals surface area contributed by atoms with Crippen molar-refractivity contribution in [1.82, 2.24) is 10.2 Å². The molecule has 0 bridgehead atoms. The van der Waals surface area contributed by atoms with Crippen LogP contribution in [0.2, 0.25) is 0 Å². The summed E-state index contributed by atoms with van der Waals surface area (Å²) in [6.45, 7) is 6.63. The summed E-state index contributed by atoms with van der Waals surface area (Å²) >= 11 is 0. The van der Waals surface area contributed by atoms with Crippen molar-refractivity contribution in [3.8, 4) is 0 Å². The zero-order chi connectivity index (χ0) is 13.1. The first-order valence-corrected chi connectivity index (χ1v) is 6.19. The highest BCUT2D eigenvalue weighted by Crippen LogP contribution is 2.28. The molecule has 1 fully saturated rings. The minimum absolute atomic E-state index is 0.167. The smallest absolute Gasteiger partial charge is 0.326 e. The molecule has 17 heavy (non-hydrogen) atoms. The maximum atomic E-state index is 12.0. The molecule has 0 aromatic carbocycles. The third kappa shape index (κ3) is 3.35. The highest BCUT2D eigenvalue weighted by Gasteiger charge is 2.36. The van der Waals surface area contributed by atoms with Gasteiger partial charge in [0.1, 0.15) is 6.04 Å². The first-order valence-electron chi connectivity index (χ1n) is 6.19. The number of carboxylic acid groups (broad SMARTS) is 1. The molecule has 0 spiro atoms. The van der Waals surface area contributed by atoms with Crippen molar-refractivity contribution in [2.45, 2.75) is 58.0 Å². The molecular weight excluding hydrogens is 220 g/mol. The molecule has 1 heterocycles. The quantitative estimate of drug-likeness (QED) is 0.790. The van der Waals surface area contributed by atoms with E-state index in [4.69, 9.17) is 5.11 Å². The lowest BCUT2D eigenvalue weighted by molar-refractivity contribution is -0.139. The van der Waals surface area contributed by atoms with E-state index in [1.807, 2.05) is 20.8 Å². The molecule has 5 heteroatoms. The molecule has 1 saturated heterocycles. The zero-order valence-corrected chi connectivity index (χ0v) is 10.8. The Hall–Kier alpha value is -1.26. The summed E-state index contributed by atoms with van der Waals surface area (Å²) in [6, 6.07) is -1.03. The molecular formula is C12H22N2O3. The van der Waals surface area contributed by atoms with Crippen LogP contribution in [0.15, 0.2) is 0 Å². The van der Waals surface area contributed by atoms with Crippen molar-refractivity contribution in [2.24, 2.45) is 0 Å². The van der Waals surface area contributed by atoms with E-state index in [0.717, 1.165) is 19.3 Å². The molecule has 0 saturated carbocycles. The van der Waals surface area contributed by atoms with Gasteiger partial charge in [-0.2, -0.15) is 0 Å². The minimum atomic E-state index is -0.961. The van der Waals surface area contributed by atoms with Gasteiger partial charge in [-0.25, -0.2) is 9.59 Å². The number of nitrogens with one attached hydrogen (secondary N) is 1. The number of aliphatic carboxylic acids is 1. The van der Waals surface area contributed by atoms with Crippen LogP contribution < -0.4 is 5.32 Å². The van der Waals surface area contributed by atoms with Crippen LogP contribution >= 0.6 is 0 Å². The van der Waals surface area contributed by atoms with Crippen LogP contribution in [0.5, 0.6) is 0 Å². The molecule has 2 N–H and O–H groups in total. The molecule has 1 rings (SSSR count). The van der Waals surface area contributed by atoms with Gasteiger partial charge in [-0.3, -0.25) is 0 Å². The molecule has 0 unspecified atom stereocenters. The first-order chi connectivity index (χ1) is 7.88. The van der Waals surface area contributed by atoms with Crippen molar-refractivity contribution in [3.05, 3.63) is 0 Å². The Bertz CT molecular complexity index is 302. The van der Waals surface area contributed by atoms with Crippen molar-refractivity contribution in [1.29, 1.82) is 0 Å². The van der Waals surface area contributed by atoms with Gasteiger partial charge in [0.05, 0.1) is 0 Å². The number of urea groups is 1. The number of carboxylic acids is 1. The Labute approximate surface area is 102 Å². The average molecular weight is 242 g/mol. The SMILES string of the molecule is CCC[C@@H](NC(=O)N1CCCC1(C)C)C(=O)O. The summed E-state index contributed by atoms with van der Waals surface area (Å²) in [6.07, 6.45) is 3.15. The lowest BCUT2D eigenvalue weighted by atomic mass is 10.0. The molecule has 1 aliphatic heterocycles. The van der Waals surface area contributed by atoms with E-state index >= 15 is 0 Å². The molecule has 0 aliphatic carbocycles. The van der Waals surface area contributed by atoms with Crippen molar-refractivity contribution in [3.63, 3.8) is 0 Å². The van der Waals surface area contributed by atoms with E-state index in [2.05, 4.69) is 5.32 Å². The van der Waals surface area contributed by atoms with E-state index in [-0.39, 0.29) is 11.6 Å². The number of carbonyl (C=O) groups excluding carboxylic acids is 1. The number of rotatable bonds is 4. The highest BCUT2D eigenvalue weighted by atomic mass is 16.4. The van der Waals surface area contributed by atoms with Crippen LogP contribution in [-0.2, 0) is 4.79 Å². The van der Waals surface area contributed by atoms with Crippen molar-refractivity contribution in [2.75, 3.05) is 6.54 Å². The van der Waals surface area contributed by atoms with E-state index in [1.54, 1.807) is 4.90 Å². The van der Waals surface area contributed by atoms with Crippen LogP contribution in [-0.4, -0.2) is 40.1 Å². The summed E-state index contributed by atoms with van der Waals surface area (Å²) in [5.41, 5.74) is -0.167. The summed E-state index contributed by atoms with van der Waals surface area (Å²) in [5, 5.41) is 11.6. The van der Waals surface area contributed by atoms with Crippen molar-refractivity contribution >= 4 is 12.0 Å². The monoisotopic (exact) mass is 242 g/mol. The number of nitrogens with zero attached hydrogens (tertiary/aromatic N) is 1. The fourth-order valence-electron chi connectivity index (χ4n) is 2.26. The predicted molar refractivity (Wildman–Crippen MR) is 64.9 cm³/mol. The second-order valence-electron chi connectivity index (χ2n) is 5.20. The Balaban J connectivity index is 2.61. The number of likely N-dealkylation sites (tertiary alicyclic amines) is 1. The molecule has 0 aromatic heterocycles. The fourth-order valence-corrected chi connectivity index (χ4v) is 2.26. The van der Waals surface area contributed by atoms with E-state index < -0.39 is 12.0 Å². The summed E-state index contributed by atoms with van der Waals surface area (Å²) in [7, 11) is 0. The fraction of sp³-hybridized carbons (Fsp3) is 0.833. The Morgan fingerprint density at radius 2 is 2.12 bits per heavy atom. The largest absolute Gasteiger partial charge is 0.480 e. The number of hydrogen-bond acceptors (Lipinski definition) is 2. The Kier molecular flexibility index (Phi) is 4.37. The van der Waals surface area contributed by atoms with E-state index in [9.17, 15) is 9.59 Å². The molecule has 0 aromatic rings. The lowest BCUT2D eigenvalue weighted by Gasteiger charge is -2.32. The maximum absolute atomic E-state index is 12.0. The third-order valence-corrected chi connectivity index (χ3v) is 3.32. The van der Waals surface area contributed by atoms with Crippen LogP contribution in [0.3, 0.4) is 0 Å². The first kappa shape index (κ1) is 13.8. The molecule has 2 amide bonds. The second kappa shape index (κ2) is 5.38. The average Bonchev–Trinajstić information content (AvgIpc) is 2.57. The highest BCUT2D eigenvalue weighted by molar-refractivity contribution is 5.83. The van der Waals surface area contributed by atoms with Gasteiger partial charge in [0, 0.05) is 12.1 Å². The molecule has 0 radical (unpaired) electrons. The van der Waals surface area contributed by atoms with Crippen molar-refractivity contribution < 1.29 is 14.7 Å². The molecule has 5 nitrogen and oxygen atoms in total. The summed E-state index contributed by atoms with van der Waals surface area (Å²) in [4.78, 5) is 24.7. The van der Waals surface area contributed by atoms with Crippen LogP contribution in [0, 0.1) is 0 Å². The Morgan fingerprint density at radius 1 is 1.47 bits per heavy atom. The lowest BCUT2D eigenvalue weighted by Crippen LogP contribution is -2.52. The Morgan fingerprint density at radius 3 is 2.53 bits per heavy atom. The molecule has 1 atom stereocenters. The maximum Gasteiger partial charge on any atom is 0.326 e. The normalized spacial score (nSPS) is 20.1. The topological polar surface area (TPSA) is 69.6 Å². The third-order valence-electron chi connectivity index (χ3n) is 3.32. The number of amides is 2. The van der Waals surface area contributed by atoms with Gasteiger partial charge in [-0.1, -0.05) is 13.3 Å². The van der Waals surface area contributed by atoms with E-state index in [1.165, 1.54) is 0 Å². The zero-order valence-electron chi connectivity index (χ0n) is 10.8. The van der Waals surface area contributed by atoms with Crippen LogP contribution in [0.1, 0.15) is 46.5 Å². The van der Waals surface area contributed by atoms with Gasteiger partial charge < -0.3 is 15.3 Å². The van der Waals surface area contributed by atoms with Gasteiger partial charge in [0.15, 0.2) is 0 Å². The molecule has 1 aliphatic rings. The van der Waals surface area contributed by atoms with Gasteiger partial charge in [0.2, 0.25) is 0 Å². The predicted octanol–water partition coefficient (Wildman–Crippen LogP) is 1.82. The number of carbonyl (C=O) groups is 2. The summed E-state index contributed by atoms with van der Waals surface area (Å²) < 4.78 is 0. The van der Waals surface area contributed by atoms with Gasteiger partial charge in [0.25, 0.3) is 0 Å².